The molecule has 0 bridgehead atoms. The molecule has 29 valence electrons. The van der Waals surface area contributed by atoms with Crippen LogP contribution in [0.15, 0.2) is 12.7 Å². The third kappa shape index (κ3) is 4.75. The van der Waals surface area contributed by atoms with E-state index in [1.165, 1.54) is 12.3 Å². The number of hydrogen-bond donors (Lipinski definition) is 0. The predicted octanol–water partition coefficient (Wildman–Crippen LogP) is -0.425. The Morgan fingerprint density at radius 2 is 2.60 bits per heavy atom. The normalized spacial score (nSPS) is 8.00. The summed E-state index contributed by atoms with van der Waals surface area (Å²) in [6.07, 6.45) is 2.02. The van der Waals surface area contributed by atoms with Gasteiger partial charge in [-0.05, 0) is 0 Å². The maximum absolute atomic E-state index is 3.61. The molecule has 0 rings (SSSR count). The predicted molar refractivity (Wildman–Crippen MR) is 30.7 cm³/mol. The van der Waals surface area contributed by atoms with E-state index >= 15 is 0 Å². The van der Waals surface area contributed by atoms with E-state index in [1.54, 1.807) is 0 Å². The molecule has 0 atom stereocenters. The fourth-order valence-corrected chi connectivity index (χ4v) is 2.37. The van der Waals surface area contributed by atoms with E-state index in [9.17, 15) is 0 Å². The Balaban J connectivity index is 2.40. The van der Waals surface area contributed by atoms with Crippen molar-refractivity contribution in [3.63, 3.8) is 0 Å². The van der Waals surface area contributed by atoms with Gasteiger partial charge >= 0.3 is 45.0 Å². The molecule has 0 amide bonds. The van der Waals surface area contributed by atoms with Crippen LogP contribution in [-0.2, 0) is 0 Å². The average Bonchev–Trinajstić information content (AvgIpc) is 1.41. The molecule has 1 radical (unpaired) electrons. The first kappa shape index (κ1) is 5.75. The van der Waals surface area contributed by atoms with Gasteiger partial charge in [-0.3, -0.25) is 0 Å². The summed E-state index contributed by atoms with van der Waals surface area (Å²) in [6.45, 7) is 3.61. The van der Waals surface area contributed by atoms with Crippen LogP contribution in [0.1, 0.15) is 0 Å². The topological polar surface area (TPSA) is 0 Å². The first-order chi connectivity index (χ1) is 2.41. The minimum absolute atomic E-state index is 0.494. The van der Waals surface area contributed by atoms with E-state index < -0.39 is 0 Å². The van der Waals surface area contributed by atoms with Crippen molar-refractivity contribution in [1.82, 2.24) is 0 Å². The Bertz CT molecular complexity index is 28.1. The fourth-order valence-electron chi connectivity index (χ4n) is 0.118. The van der Waals surface area contributed by atoms with Crippen molar-refractivity contribution in [2.45, 2.75) is 4.47 Å². The van der Waals surface area contributed by atoms with Crippen LogP contribution in [0.2, 0.25) is 4.47 Å². The summed E-state index contributed by atoms with van der Waals surface area (Å²) in [5.41, 5.74) is 0. The molecule has 0 saturated carbocycles. The molecule has 0 nitrogen and oxygen atoms in total. The summed E-state index contributed by atoms with van der Waals surface area (Å²) in [5.74, 6) is 0. The third-order valence-electron chi connectivity index (χ3n) is 0.285. The number of rotatable bonds is 2. The van der Waals surface area contributed by atoms with Gasteiger partial charge in [-0.25, -0.2) is 0 Å². The van der Waals surface area contributed by atoms with Crippen LogP contribution in [0.3, 0.4) is 0 Å². The molecular weight excluding hydrogens is 192 g/mol. The summed E-state index contributed by atoms with van der Waals surface area (Å²) in [5, 5.41) is 0. The second-order valence-electron chi connectivity index (χ2n) is 0.744. The molecule has 0 fully saturated rings. The molecule has 0 aliphatic carbocycles. The zero-order chi connectivity index (χ0) is 4.12. The van der Waals surface area contributed by atoms with Gasteiger partial charge in [0.05, 0.1) is 0 Å². The molecule has 0 saturated heterocycles. The molecule has 0 aliphatic heterocycles. The van der Waals surface area contributed by atoms with Gasteiger partial charge < -0.3 is 0 Å². The summed E-state index contributed by atoms with van der Waals surface area (Å²) in [6, 6.07) is 0. The first-order valence-corrected chi connectivity index (χ1v) is 11.0. The van der Waals surface area contributed by atoms with Crippen molar-refractivity contribution in [2.24, 2.45) is 0 Å². The Labute approximate surface area is 45.2 Å². The summed E-state index contributed by atoms with van der Waals surface area (Å²) in [4.78, 5) is 0. The Morgan fingerprint density at radius 1 is 2.00 bits per heavy atom. The van der Waals surface area contributed by atoms with E-state index in [-0.39, 0.29) is 0 Å². The van der Waals surface area contributed by atoms with E-state index in [4.69, 9.17) is 0 Å². The Hall–Kier alpha value is 0.746. The molecule has 0 aromatic carbocycles. The van der Waals surface area contributed by atoms with Gasteiger partial charge in [0.1, 0.15) is 0 Å². The van der Waals surface area contributed by atoms with Crippen LogP contribution < -0.4 is 0 Å². The number of hydrogen-bond acceptors (Lipinski definition) is 0. The zero-order valence-electron chi connectivity index (χ0n) is 3.40. The van der Waals surface area contributed by atoms with Crippen LogP contribution in [-0.4, -0.2) is 27.9 Å². The molecule has 2 heteroatoms. The van der Waals surface area contributed by atoms with Gasteiger partial charge in [-0.15, -0.1) is 0 Å². The molecule has 0 spiro atoms. The fraction of sp³-hybridized carbons (Fsp3) is 0.333. The van der Waals surface area contributed by atoms with Gasteiger partial charge in [0.2, 0.25) is 0 Å². The Kier molecular flexibility index (Phi) is 5.46. The Morgan fingerprint density at radius 3 is 2.60 bits per heavy atom. The minimum atomic E-state index is 0.494. The molecule has 0 N–H and O–H groups in total. The zero-order valence-corrected chi connectivity index (χ0v) is 7.73. The second kappa shape index (κ2) is 4.75. The number of allylic oxidation sites excluding steroid dienone is 1. The maximum atomic E-state index is 3.61. The summed E-state index contributed by atoms with van der Waals surface area (Å²) in [7, 11) is 1.46. The molecule has 5 heavy (non-hydrogen) atoms. The van der Waals surface area contributed by atoms with Crippen molar-refractivity contribution in [2.75, 3.05) is 0 Å². The van der Waals surface area contributed by atoms with E-state index in [1.807, 2.05) is 6.08 Å². The van der Waals surface area contributed by atoms with Gasteiger partial charge in [-0.2, -0.15) is 0 Å². The van der Waals surface area contributed by atoms with Crippen molar-refractivity contribution < 1.29 is 0 Å². The molecule has 0 unspecified atom stereocenters. The molecule has 0 aromatic rings. The molecule has 0 heterocycles. The van der Waals surface area contributed by atoms with Gasteiger partial charge in [0.15, 0.2) is 0 Å². The quantitative estimate of drug-likeness (QED) is 0.419. The first-order valence-electron chi connectivity index (χ1n) is 1.51. The van der Waals surface area contributed by atoms with Gasteiger partial charge in [0, 0.05) is 0 Å². The SMILES string of the molecule is C=CC[Te+][SiH3]. The average molecular weight is 200 g/mol. The van der Waals surface area contributed by atoms with Crippen LogP contribution >= 0.6 is 0 Å². The monoisotopic (exact) mass is 202 g/mol. The van der Waals surface area contributed by atoms with Gasteiger partial charge in [-0.1, -0.05) is 0 Å². The van der Waals surface area contributed by atoms with Gasteiger partial charge in [0.25, 0.3) is 0 Å². The van der Waals surface area contributed by atoms with Crippen molar-refractivity contribution >= 4 is 27.9 Å². The van der Waals surface area contributed by atoms with Crippen molar-refractivity contribution in [1.29, 1.82) is 0 Å². The molecule has 0 aliphatic rings. The third-order valence-corrected chi connectivity index (χ3v) is 4.14. The van der Waals surface area contributed by atoms with E-state index in [0.717, 1.165) is 0 Å². The van der Waals surface area contributed by atoms with Crippen LogP contribution in [0.4, 0.5) is 0 Å². The van der Waals surface area contributed by atoms with E-state index in [0.29, 0.717) is 20.1 Å². The molecular formula is C3H8SiTe+. The summed E-state index contributed by atoms with van der Waals surface area (Å²) >= 11 is 0.494. The van der Waals surface area contributed by atoms with Crippen LogP contribution in [0, 0.1) is 0 Å². The van der Waals surface area contributed by atoms with Crippen LogP contribution in [0.25, 0.3) is 0 Å². The summed E-state index contributed by atoms with van der Waals surface area (Å²) < 4.78 is 1.34. The van der Waals surface area contributed by atoms with Crippen LogP contribution in [0.5, 0.6) is 0 Å². The van der Waals surface area contributed by atoms with Crippen molar-refractivity contribution in [3.8, 4) is 0 Å². The van der Waals surface area contributed by atoms with Crippen molar-refractivity contribution in [3.05, 3.63) is 12.7 Å². The standard InChI is InChI=1S/C3H8SiTe/c1-2-3-5-4/h2H,1,3H2,4H3/q+1. The molecule has 0 aromatic heterocycles. The van der Waals surface area contributed by atoms with E-state index in [2.05, 4.69) is 6.58 Å². The second-order valence-corrected chi connectivity index (χ2v) is 7.22.